The minimum atomic E-state index is 0.0189. The third-order valence-electron chi connectivity index (χ3n) is 3.17. The second kappa shape index (κ2) is 7.85. The number of benzene rings is 1. The summed E-state index contributed by atoms with van der Waals surface area (Å²) in [5, 5.41) is 2.94. The van der Waals surface area contributed by atoms with Gasteiger partial charge in [0.15, 0.2) is 0 Å². The Morgan fingerprint density at radius 1 is 1.25 bits per heavy atom. The lowest BCUT2D eigenvalue weighted by atomic mass is 10.0. The molecule has 110 valence electrons. The molecule has 1 aromatic carbocycles. The molecule has 1 amide bonds. The molecule has 20 heavy (non-hydrogen) atoms. The normalized spacial score (nSPS) is 10.9. The molecule has 0 aliphatic carbocycles. The Kier molecular flexibility index (Phi) is 6.46. The second-order valence-electron chi connectivity index (χ2n) is 5.59. The minimum absolute atomic E-state index is 0.0189. The Labute approximate surface area is 122 Å². The average Bonchev–Trinajstić information content (AvgIpc) is 2.37. The standard InChI is InChI=1S/C17H26N2O/c1-6-19(11-13(2)3)12-17(20)18-16-9-7-15(8-10-16)14(4)5/h7-10,14H,2,6,11-12H2,1,3-5H3,(H,18,20). The summed E-state index contributed by atoms with van der Waals surface area (Å²) in [5.74, 6) is 0.524. The molecule has 0 aliphatic heterocycles. The molecule has 3 heteroatoms. The van der Waals surface area contributed by atoms with E-state index in [2.05, 4.69) is 42.8 Å². The van der Waals surface area contributed by atoms with Gasteiger partial charge in [0.1, 0.15) is 0 Å². The van der Waals surface area contributed by atoms with Crippen LogP contribution in [0.3, 0.4) is 0 Å². The van der Waals surface area contributed by atoms with Gasteiger partial charge >= 0.3 is 0 Å². The lowest BCUT2D eigenvalue weighted by Gasteiger charge is -2.19. The van der Waals surface area contributed by atoms with Crippen LogP contribution in [0.5, 0.6) is 0 Å². The Hall–Kier alpha value is -1.61. The predicted octanol–water partition coefficient (Wildman–Crippen LogP) is 3.65. The van der Waals surface area contributed by atoms with Crippen molar-refractivity contribution in [3.8, 4) is 0 Å². The van der Waals surface area contributed by atoms with E-state index in [1.54, 1.807) is 0 Å². The van der Waals surface area contributed by atoms with E-state index in [9.17, 15) is 4.79 Å². The molecule has 0 aliphatic rings. The van der Waals surface area contributed by atoms with Crippen molar-refractivity contribution in [3.05, 3.63) is 42.0 Å². The molecule has 0 atom stereocenters. The number of nitrogens with one attached hydrogen (secondary N) is 1. The fraction of sp³-hybridized carbons (Fsp3) is 0.471. The van der Waals surface area contributed by atoms with Crippen molar-refractivity contribution in [3.63, 3.8) is 0 Å². The lowest BCUT2D eigenvalue weighted by molar-refractivity contribution is -0.117. The Bertz CT molecular complexity index is 449. The van der Waals surface area contributed by atoms with Gasteiger partial charge in [-0.25, -0.2) is 0 Å². The highest BCUT2D eigenvalue weighted by Gasteiger charge is 2.09. The largest absolute Gasteiger partial charge is 0.325 e. The van der Waals surface area contributed by atoms with Gasteiger partial charge in [0.05, 0.1) is 6.54 Å². The smallest absolute Gasteiger partial charge is 0.238 e. The number of hydrogen-bond donors (Lipinski definition) is 1. The predicted molar refractivity (Wildman–Crippen MR) is 86.1 cm³/mol. The quantitative estimate of drug-likeness (QED) is 0.770. The Morgan fingerprint density at radius 2 is 1.85 bits per heavy atom. The molecule has 0 heterocycles. The molecule has 0 spiro atoms. The molecule has 0 radical (unpaired) electrons. The summed E-state index contributed by atoms with van der Waals surface area (Å²) < 4.78 is 0. The van der Waals surface area contributed by atoms with Crippen molar-refractivity contribution in [1.82, 2.24) is 4.90 Å². The van der Waals surface area contributed by atoms with Crippen LogP contribution in [0.15, 0.2) is 36.4 Å². The Balaban J connectivity index is 2.54. The number of amides is 1. The third-order valence-corrected chi connectivity index (χ3v) is 3.17. The molecule has 0 saturated heterocycles. The van der Waals surface area contributed by atoms with Crippen molar-refractivity contribution in [2.75, 3.05) is 25.0 Å². The average molecular weight is 274 g/mol. The summed E-state index contributed by atoms with van der Waals surface area (Å²) in [6.07, 6.45) is 0. The number of carbonyl (C=O) groups is 1. The summed E-state index contributed by atoms with van der Waals surface area (Å²) in [6, 6.07) is 8.04. The number of hydrogen-bond acceptors (Lipinski definition) is 2. The van der Waals surface area contributed by atoms with E-state index in [1.165, 1.54) is 5.56 Å². The number of rotatable bonds is 7. The zero-order chi connectivity index (χ0) is 15.1. The molecule has 1 N–H and O–H groups in total. The first-order valence-electron chi connectivity index (χ1n) is 7.19. The highest BCUT2D eigenvalue weighted by atomic mass is 16.2. The zero-order valence-electron chi connectivity index (χ0n) is 13.1. The first-order chi connectivity index (χ1) is 9.42. The van der Waals surface area contributed by atoms with Crippen molar-refractivity contribution >= 4 is 11.6 Å². The van der Waals surface area contributed by atoms with Crippen molar-refractivity contribution < 1.29 is 4.79 Å². The highest BCUT2D eigenvalue weighted by Crippen LogP contribution is 2.17. The van der Waals surface area contributed by atoms with Gasteiger partial charge in [-0.2, -0.15) is 0 Å². The van der Waals surface area contributed by atoms with E-state index in [4.69, 9.17) is 0 Å². The fourth-order valence-electron chi connectivity index (χ4n) is 2.02. The third kappa shape index (κ3) is 5.57. The molecule has 0 fully saturated rings. The van der Waals surface area contributed by atoms with Gasteiger partial charge in [0, 0.05) is 12.2 Å². The summed E-state index contributed by atoms with van der Waals surface area (Å²) in [7, 11) is 0. The molecular weight excluding hydrogens is 248 g/mol. The van der Waals surface area contributed by atoms with Gasteiger partial charge in [-0.15, -0.1) is 0 Å². The molecule has 3 nitrogen and oxygen atoms in total. The van der Waals surface area contributed by atoms with E-state index in [1.807, 2.05) is 26.0 Å². The number of anilines is 1. The first-order valence-corrected chi connectivity index (χ1v) is 7.19. The van der Waals surface area contributed by atoms with Gasteiger partial charge in [-0.1, -0.05) is 45.1 Å². The van der Waals surface area contributed by atoms with Crippen LogP contribution in [-0.4, -0.2) is 30.4 Å². The SMILES string of the molecule is C=C(C)CN(CC)CC(=O)Nc1ccc(C(C)C)cc1. The molecular formula is C17H26N2O. The van der Waals surface area contributed by atoms with E-state index in [0.29, 0.717) is 12.5 Å². The van der Waals surface area contributed by atoms with E-state index in [0.717, 1.165) is 24.4 Å². The van der Waals surface area contributed by atoms with Gasteiger partial charge < -0.3 is 5.32 Å². The summed E-state index contributed by atoms with van der Waals surface area (Å²) >= 11 is 0. The fourth-order valence-corrected chi connectivity index (χ4v) is 2.02. The van der Waals surface area contributed by atoms with Crippen LogP contribution in [-0.2, 0) is 4.79 Å². The van der Waals surface area contributed by atoms with Crippen LogP contribution >= 0.6 is 0 Å². The second-order valence-corrected chi connectivity index (χ2v) is 5.59. The summed E-state index contributed by atoms with van der Waals surface area (Å²) in [6.45, 7) is 14.2. The number of nitrogens with zero attached hydrogens (tertiary/aromatic N) is 1. The van der Waals surface area contributed by atoms with E-state index in [-0.39, 0.29) is 5.91 Å². The minimum Gasteiger partial charge on any atom is -0.325 e. The molecule has 0 unspecified atom stereocenters. The summed E-state index contributed by atoms with van der Waals surface area (Å²) in [5.41, 5.74) is 3.20. The van der Waals surface area contributed by atoms with Crippen molar-refractivity contribution in [2.45, 2.75) is 33.6 Å². The van der Waals surface area contributed by atoms with Crippen LogP contribution < -0.4 is 5.32 Å². The summed E-state index contributed by atoms with van der Waals surface area (Å²) in [4.78, 5) is 14.1. The molecule has 0 aromatic heterocycles. The number of likely N-dealkylation sites (N-methyl/N-ethyl adjacent to an activating group) is 1. The molecule has 0 bridgehead atoms. The van der Waals surface area contributed by atoms with Crippen molar-refractivity contribution in [2.24, 2.45) is 0 Å². The molecule has 1 rings (SSSR count). The number of carbonyl (C=O) groups excluding carboxylic acids is 1. The Morgan fingerprint density at radius 3 is 2.30 bits per heavy atom. The lowest BCUT2D eigenvalue weighted by Crippen LogP contribution is -2.34. The maximum atomic E-state index is 12.0. The molecule has 1 aromatic rings. The highest BCUT2D eigenvalue weighted by molar-refractivity contribution is 5.92. The van der Waals surface area contributed by atoms with Crippen LogP contribution in [0.4, 0.5) is 5.69 Å². The van der Waals surface area contributed by atoms with Crippen LogP contribution in [0.2, 0.25) is 0 Å². The van der Waals surface area contributed by atoms with Crippen LogP contribution in [0, 0.1) is 0 Å². The van der Waals surface area contributed by atoms with Gasteiger partial charge in [-0.05, 0) is 37.1 Å². The van der Waals surface area contributed by atoms with Gasteiger partial charge in [0.2, 0.25) is 5.91 Å². The van der Waals surface area contributed by atoms with Crippen LogP contribution in [0.1, 0.15) is 39.2 Å². The molecule has 0 saturated carbocycles. The first kappa shape index (κ1) is 16.4. The monoisotopic (exact) mass is 274 g/mol. The van der Waals surface area contributed by atoms with E-state index >= 15 is 0 Å². The topological polar surface area (TPSA) is 32.3 Å². The van der Waals surface area contributed by atoms with E-state index < -0.39 is 0 Å². The van der Waals surface area contributed by atoms with Crippen molar-refractivity contribution in [1.29, 1.82) is 0 Å². The maximum Gasteiger partial charge on any atom is 0.238 e. The zero-order valence-corrected chi connectivity index (χ0v) is 13.1. The maximum absolute atomic E-state index is 12.0. The van der Waals surface area contributed by atoms with Gasteiger partial charge in [-0.3, -0.25) is 9.69 Å². The van der Waals surface area contributed by atoms with Gasteiger partial charge in [0.25, 0.3) is 0 Å². The van der Waals surface area contributed by atoms with Crippen LogP contribution in [0.25, 0.3) is 0 Å².